The summed E-state index contributed by atoms with van der Waals surface area (Å²) >= 11 is 3.47. The Morgan fingerprint density at radius 1 is 1.41 bits per heavy atom. The van der Waals surface area contributed by atoms with Crippen LogP contribution in [0.4, 0.5) is 0 Å². The van der Waals surface area contributed by atoms with Gasteiger partial charge in [-0.15, -0.1) is 0 Å². The molecule has 0 atom stereocenters. The first-order valence-electron chi connectivity index (χ1n) is 5.45. The van der Waals surface area contributed by atoms with Crippen LogP contribution in [0.25, 0.3) is 11.3 Å². The second-order valence-corrected chi connectivity index (χ2v) is 4.62. The second kappa shape index (κ2) is 4.98. The van der Waals surface area contributed by atoms with Crippen LogP contribution in [-0.4, -0.2) is 19.9 Å². The predicted molar refractivity (Wildman–Crippen MR) is 69.4 cm³/mol. The molecule has 17 heavy (non-hydrogen) atoms. The van der Waals surface area contributed by atoms with Gasteiger partial charge in [0.2, 0.25) is 0 Å². The first kappa shape index (κ1) is 12.3. The number of rotatable bonds is 3. The van der Waals surface area contributed by atoms with Gasteiger partial charge in [-0.3, -0.25) is 9.67 Å². The summed E-state index contributed by atoms with van der Waals surface area (Å²) in [5, 5.41) is 13.5. The number of pyridine rings is 1. The van der Waals surface area contributed by atoms with E-state index in [-0.39, 0.29) is 6.61 Å². The number of hydrogen-bond donors (Lipinski definition) is 1. The lowest BCUT2D eigenvalue weighted by Gasteiger charge is -2.06. The number of nitrogens with zero attached hydrogens (tertiary/aromatic N) is 3. The van der Waals surface area contributed by atoms with Gasteiger partial charge in [0.05, 0.1) is 29.9 Å². The van der Waals surface area contributed by atoms with E-state index >= 15 is 0 Å². The fourth-order valence-electron chi connectivity index (χ4n) is 1.75. The van der Waals surface area contributed by atoms with Crippen molar-refractivity contribution in [3.8, 4) is 11.3 Å². The molecular weight excluding hydrogens is 282 g/mol. The number of aliphatic hydroxyl groups is 1. The average Bonchev–Trinajstić information content (AvgIpc) is 2.71. The monoisotopic (exact) mass is 295 g/mol. The van der Waals surface area contributed by atoms with E-state index in [1.165, 1.54) is 0 Å². The predicted octanol–water partition coefficient (Wildman–Crippen LogP) is 2.30. The highest BCUT2D eigenvalue weighted by Crippen LogP contribution is 2.25. The molecule has 2 aromatic heterocycles. The van der Waals surface area contributed by atoms with Crippen molar-refractivity contribution in [2.45, 2.75) is 20.0 Å². The van der Waals surface area contributed by atoms with Crippen LogP contribution in [0.15, 0.2) is 22.8 Å². The molecule has 4 nitrogen and oxygen atoms in total. The molecule has 0 aliphatic rings. The van der Waals surface area contributed by atoms with Crippen molar-refractivity contribution in [1.82, 2.24) is 14.8 Å². The molecule has 0 bridgehead atoms. The van der Waals surface area contributed by atoms with Gasteiger partial charge in [-0.25, -0.2) is 0 Å². The van der Waals surface area contributed by atoms with E-state index in [1.54, 1.807) is 10.9 Å². The molecule has 0 amide bonds. The van der Waals surface area contributed by atoms with Gasteiger partial charge in [0.1, 0.15) is 0 Å². The van der Waals surface area contributed by atoms with E-state index in [2.05, 4.69) is 32.9 Å². The van der Waals surface area contributed by atoms with E-state index in [9.17, 15) is 5.11 Å². The number of aliphatic hydroxyl groups excluding tert-OH is 1. The molecule has 90 valence electrons. The van der Waals surface area contributed by atoms with Crippen LogP contribution >= 0.6 is 15.9 Å². The fourth-order valence-corrected chi connectivity index (χ4v) is 2.25. The second-order valence-electron chi connectivity index (χ2n) is 3.77. The molecule has 2 rings (SSSR count). The first-order valence-corrected chi connectivity index (χ1v) is 6.24. The standard InChI is InChI=1S/C12H14BrN3O/c1-3-10-9(13)4-5-11(15-10)8-6-14-16(2)12(8)7-17/h4-6,17H,3,7H2,1-2H3. The lowest BCUT2D eigenvalue weighted by molar-refractivity contribution is 0.271. The Morgan fingerprint density at radius 3 is 2.82 bits per heavy atom. The normalized spacial score (nSPS) is 10.8. The lowest BCUT2D eigenvalue weighted by atomic mass is 10.1. The Labute approximate surface area is 108 Å². The topological polar surface area (TPSA) is 50.9 Å². The molecule has 0 spiro atoms. The van der Waals surface area contributed by atoms with Gasteiger partial charge in [-0.2, -0.15) is 5.10 Å². The summed E-state index contributed by atoms with van der Waals surface area (Å²) in [4.78, 5) is 4.57. The molecule has 2 aromatic rings. The third-order valence-electron chi connectivity index (χ3n) is 2.74. The van der Waals surface area contributed by atoms with Gasteiger partial charge < -0.3 is 5.11 Å². The van der Waals surface area contributed by atoms with Crippen LogP contribution in [0, 0.1) is 0 Å². The number of halogens is 1. The van der Waals surface area contributed by atoms with Crippen molar-refractivity contribution in [2.75, 3.05) is 0 Å². The van der Waals surface area contributed by atoms with Crippen molar-refractivity contribution >= 4 is 15.9 Å². The van der Waals surface area contributed by atoms with Crippen molar-refractivity contribution in [3.05, 3.63) is 34.2 Å². The maximum Gasteiger partial charge on any atom is 0.0856 e. The van der Waals surface area contributed by atoms with E-state index in [0.717, 1.165) is 33.5 Å². The summed E-state index contributed by atoms with van der Waals surface area (Å²) in [7, 11) is 1.81. The Balaban J connectivity index is 2.52. The number of aryl methyl sites for hydroxylation is 2. The van der Waals surface area contributed by atoms with Gasteiger partial charge >= 0.3 is 0 Å². The summed E-state index contributed by atoms with van der Waals surface area (Å²) in [6.07, 6.45) is 2.60. The highest BCUT2D eigenvalue weighted by molar-refractivity contribution is 9.10. The third-order valence-corrected chi connectivity index (χ3v) is 3.46. The van der Waals surface area contributed by atoms with Crippen LogP contribution < -0.4 is 0 Å². The molecule has 0 aliphatic carbocycles. The van der Waals surface area contributed by atoms with Crippen molar-refractivity contribution in [1.29, 1.82) is 0 Å². The molecular formula is C12H14BrN3O. The zero-order valence-electron chi connectivity index (χ0n) is 9.81. The summed E-state index contributed by atoms with van der Waals surface area (Å²) in [6, 6.07) is 3.91. The minimum atomic E-state index is -0.0367. The molecule has 2 heterocycles. The molecule has 0 radical (unpaired) electrons. The van der Waals surface area contributed by atoms with Crippen molar-refractivity contribution < 1.29 is 5.11 Å². The summed E-state index contributed by atoms with van der Waals surface area (Å²) in [5.74, 6) is 0. The third kappa shape index (κ3) is 2.25. The van der Waals surface area contributed by atoms with Crippen LogP contribution in [0.2, 0.25) is 0 Å². The summed E-state index contributed by atoms with van der Waals surface area (Å²) < 4.78 is 2.68. The van der Waals surface area contributed by atoms with Gasteiger partial charge in [0, 0.05) is 17.1 Å². The van der Waals surface area contributed by atoms with Crippen LogP contribution in [0.1, 0.15) is 18.3 Å². The Hall–Kier alpha value is -1.20. The maximum atomic E-state index is 9.33. The summed E-state index contributed by atoms with van der Waals surface area (Å²) in [5.41, 5.74) is 3.52. The summed E-state index contributed by atoms with van der Waals surface area (Å²) in [6.45, 7) is 2.03. The van der Waals surface area contributed by atoms with E-state index in [0.29, 0.717) is 0 Å². The average molecular weight is 296 g/mol. The molecule has 0 aliphatic heterocycles. The molecule has 0 saturated heterocycles. The Morgan fingerprint density at radius 2 is 2.18 bits per heavy atom. The van der Waals surface area contributed by atoms with Crippen LogP contribution in [-0.2, 0) is 20.1 Å². The minimum Gasteiger partial charge on any atom is -0.390 e. The highest BCUT2D eigenvalue weighted by Gasteiger charge is 2.12. The van der Waals surface area contributed by atoms with E-state index in [4.69, 9.17) is 0 Å². The quantitative estimate of drug-likeness (QED) is 0.945. The Kier molecular flexibility index (Phi) is 3.59. The van der Waals surface area contributed by atoms with Crippen LogP contribution in [0.3, 0.4) is 0 Å². The zero-order chi connectivity index (χ0) is 12.4. The van der Waals surface area contributed by atoms with Crippen molar-refractivity contribution in [2.24, 2.45) is 7.05 Å². The smallest absolute Gasteiger partial charge is 0.0856 e. The van der Waals surface area contributed by atoms with Gasteiger partial charge in [-0.05, 0) is 34.5 Å². The highest BCUT2D eigenvalue weighted by atomic mass is 79.9. The first-order chi connectivity index (χ1) is 8.17. The SMILES string of the molecule is CCc1nc(-c2cnn(C)c2CO)ccc1Br. The number of hydrogen-bond acceptors (Lipinski definition) is 3. The molecule has 5 heteroatoms. The maximum absolute atomic E-state index is 9.33. The van der Waals surface area contributed by atoms with E-state index < -0.39 is 0 Å². The van der Waals surface area contributed by atoms with Crippen molar-refractivity contribution in [3.63, 3.8) is 0 Å². The van der Waals surface area contributed by atoms with E-state index in [1.807, 2.05) is 19.2 Å². The number of aromatic nitrogens is 3. The zero-order valence-corrected chi connectivity index (χ0v) is 11.4. The van der Waals surface area contributed by atoms with Gasteiger partial charge in [-0.1, -0.05) is 6.92 Å². The molecule has 0 fully saturated rings. The largest absolute Gasteiger partial charge is 0.390 e. The Bertz CT molecular complexity index is 537. The van der Waals surface area contributed by atoms with Crippen LogP contribution in [0.5, 0.6) is 0 Å². The molecule has 0 saturated carbocycles. The minimum absolute atomic E-state index is 0.0367. The molecule has 1 N–H and O–H groups in total. The van der Waals surface area contributed by atoms with Gasteiger partial charge in [0.25, 0.3) is 0 Å². The molecule has 0 aromatic carbocycles. The molecule has 0 unspecified atom stereocenters. The van der Waals surface area contributed by atoms with Gasteiger partial charge in [0.15, 0.2) is 0 Å². The fraction of sp³-hybridized carbons (Fsp3) is 0.333. The lowest BCUT2D eigenvalue weighted by Crippen LogP contribution is -1.99.